The van der Waals surface area contributed by atoms with Crippen LogP contribution in [0.5, 0.6) is 0 Å². The Morgan fingerprint density at radius 3 is 2.50 bits per heavy atom. The lowest BCUT2D eigenvalue weighted by molar-refractivity contribution is 0.629. The molecule has 0 fully saturated rings. The lowest BCUT2D eigenvalue weighted by Crippen LogP contribution is -2.11. The molecule has 0 amide bonds. The van der Waals surface area contributed by atoms with E-state index in [-0.39, 0.29) is 5.82 Å². The van der Waals surface area contributed by atoms with Crippen molar-refractivity contribution < 1.29 is 4.39 Å². The van der Waals surface area contributed by atoms with Crippen molar-refractivity contribution in [2.24, 2.45) is 0 Å². The molecule has 2 aromatic carbocycles. The van der Waals surface area contributed by atoms with Crippen molar-refractivity contribution in [2.75, 3.05) is 6.54 Å². The maximum atomic E-state index is 14.2. The molecule has 1 nitrogen and oxygen atoms in total. The SMILES string of the molecule is CCNCc1ccc(-c2c(C)cc(C)cc2F)c(Cl)c1. The number of rotatable bonds is 4. The van der Waals surface area contributed by atoms with Crippen LogP contribution in [0.1, 0.15) is 23.6 Å². The van der Waals surface area contributed by atoms with Gasteiger partial charge in [-0.05, 0) is 49.2 Å². The van der Waals surface area contributed by atoms with Gasteiger partial charge in [-0.15, -0.1) is 0 Å². The average molecular weight is 292 g/mol. The van der Waals surface area contributed by atoms with E-state index in [2.05, 4.69) is 12.2 Å². The molecular weight excluding hydrogens is 273 g/mol. The van der Waals surface area contributed by atoms with Crippen LogP contribution >= 0.6 is 11.6 Å². The highest BCUT2D eigenvalue weighted by atomic mass is 35.5. The summed E-state index contributed by atoms with van der Waals surface area (Å²) in [4.78, 5) is 0. The molecule has 20 heavy (non-hydrogen) atoms. The molecule has 2 aromatic rings. The minimum Gasteiger partial charge on any atom is -0.313 e. The van der Waals surface area contributed by atoms with E-state index < -0.39 is 0 Å². The molecule has 0 saturated heterocycles. The second-order valence-corrected chi connectivity index (χ2v) is 5.44. The lowest BCUT2D eigenvalue weighted by Gasteiger charge is -2.12. The molecule has 3 heteroatoms. The Morgan fingerprint density at radius 2 is 1.90 bits per heavy atom. The Hall–Kier alpha value is -1.38. The summed E-state index contributed by atoms with van der Waals surface area (Å²) in [6.45, 7) is 7.53. The number of hydrogen-bond donors (Lipinski definition) is 1. The molecule has 0 bridgehead atoms. The van der Waals surface area contributed by atoms with Gasteiger partial charge in [-0.2, -0.15) is 0 Å². The number of halogens is 2. The normalized spacial score (nSPS) is 10.8. The summed E-state index contributed by atoms with van der Waals surface area (Å²) in [5.41, 5.74) is 4.27. The Labute approximate surface area is 124 Å². The van der Waals surface area contributed by atoms with Gasteiger partial charge in [0.2, 0.25) is 0 Å². The van der Waals surface area contributed by atoms with E-state index in [4.69, 9.17) is 11.6 Å². The molecule has 0 aromatic heterocycles. The topological polar surface area (TPSA) is 12.0 Å². The number of aryl methyl sites for hydroxylation is 2. The fraction of sp³-hybridized carbons (Fsp3) is 0.294. The third-order valence-corrected chi connectivity index (χ3v) is 3.63. The zero-order chi connectivity index (χ0) is 14.7. The van der Waals surface area contributed by atoms with Crippen molar-refractivity contribution in [3.05, 3.63) is 57.9 Å². The van der Waals surface area contributed by atoms with Crippen LogP contribution in [0.4, 0.5) is 4.39 Å². The van der Waals surface area contributed by atoms with Crippen LogP contribution in [0.15, 0.2) is 30.3 Å². The van der Waals surface area contributed by atoms with Crippen LogP contribution in [0.3, 0.4) is 0 Å². The van der Waals surface area contributed by atoms with Gasteiger partial charge in [0, 0.05) is 22.7 Å². The van der Waals surface area contributed by atoms with Crippen LogP contribution in [-0.2, 0) is 6.54 Å². The monoisotopic (exact) mass is 291 g/mol. The van der Waals surface area contributed by atoms with Crippen molar-refractivity contribution in [1.82, 2.24) is 5.32 Å². The van der Waals surface area contributed by atoms with Crippen LogP contribution < -0.4 is 5.32 Å². The first-order valence-electron chi connectivity index (χ1n) is 6.79. The van der Waals surface area contributed by atoms with Crippen molar-refractivity contribution in [2.45, 2.75) is 27.3 Å². The first-order chi connectivity index (χ1) is 9.52. The van der Waals surface area contributed by atoms with Crippen molar-refractivity contribution >= 4 is 11.6 Å². The van der Waals surface area contributed by atoms with E-state index in [1.54, 1.807) is 6.07 Å². The molecule has 0 radical (unpaired) electrons. The molecule has 0 aliphatic rings. The zero-order valence-electron chi connectivity index (χ0n) is 12.1. The number of nitrogens with one attached hydrogen (secondary N) is 1. The van der Waals surface area contributed by atoms with Gasteiger partial charge >= 0.3 is 0 Å². The molecule has 2 rings (SSSR count). The highest BCUT2D eigenvalue weighted by molar-refractivity contribution is 6.33. The van der Waals surface area contributed by atoms with E-state index in [1.165, 1.54) is 0 Å². The second-order valence-electron chi connectivity index (χ2n) is 5.03. The van der Waals surface area contributed by atoms with E-state index in [0.717, 1.165) is 35.3 Å². The maximum Gasteiger partial charge on any atom is 0.131 e. The summed E-state index contributed by atoms with van der Waals surface area (Å²) in [5, 5.41) is 3.84. The standard InChI is InChI=1S/C17H19ClFN/c1-4-20-10-13-5-6-14(15(18)9-13)17-12(3)7-11(2)8-16(17)19/h5-9,20H,4,10H2,1-3H3. The van der Waals surface area contributed by atoms with Crippen LogP contribution in [-0.4, -0.2) is 6.54 Å². The molecule has 1 N–H and O–H groups in total. The van der Waals surface area contributed by atoms with Crippen molar-refractivity contribution in [1.29, 1.82) is 0 Å². The first kappa shape index (κ1) is 15.0. The Balaban J connectivity index is 2.44. The van der Waals surface area contributed by atoms with Crippen molar-refractivity contribution in [3.63, 3.8) is 0 Å². The highest BCUT2D eigenvalue weighted by Crippen LogP contribution is 2.33. The molecular formula is C17H19ClFN. The molecule has 0 heterocycles. The smallest absolute Gasteiger partial charge is 0.131 e. The van der Waals surface area contributed by atoms with Gasteiger partial charge in [-0.1, -0.05) is 36.7 Å². The van der Waals surface area contributed by atoms with Crippen molar-refractivity contribution in [3.8, 4) is 11.1 Å². The Morgan fingerprint density at radius 1 is 1.15 bits per heavy atom. The zero-order valence-corrected chi connectivity index (χ0v) is 12.8. The van der Waals surface area contributed by atoms with Gasteiger partial charge in [-0.3, -0.25) is 0 Å². The van der Waals surface area contributed by atoms with E-state index in [9.17, 15) is 4.39 Å². The minimum absolute atomic E-state index is 0.219. The fourth-order valence-corrected chi connectivity index (χ4v) is 2.70. The fourth-order valence-electron chi connectivity index (χ4n) is 2.40. The predicted molar refractivity (Wildman–Crippen MR) is 83.7 cm³/mol. The lowest BCUT2D eigenvalue weighted by atomic mass is 9.97. The molecule has 0 unspecified atom stereocenters. The van der Waals surface area contributed by atoms with Crippen LogP contribution in [0, 0.1) is 19.7 Å². The molecule has 0 aliphatic heterocycles. The number of hydrogen-bond acceptors (Lipinski definition) is 1. The van der Waals surface area contributed by atoms with Crippen LogP contribution in [0.2, 0.25) is 5.02 Å². The van der Waals surface area contributed by atoms with Crippen LogP contribution in [0.25, 0.3) is 11.1 Å². The summed E-state index contributed by atoms with van der Waals surface area (Å²) in [7, 11) is 0. The third kappa shape index (κ3) is 3.20. The van der Waals surface area contributed by atoms with E-state index in [1.807, 2.05) is 38.1 Å². The minimum atomic E-state index is -0.219. The third-order valence-electron chi connectivity index (χ3n) is 3.31. The van der Waals surface area contributed by atoms with Gasteiger partial charge in [0.25, 0.3) is 0 Å². The average Bonchev–Trinajstić information content (AvgIpc) is 2.37. The van der Waals surface area contributed by atoms with E-state index >= 15 is 0 Å². The molecule has 0 saturated carbocycles. The van der Waals surface area contributed by atoms with E-state index in [0.29, 0.717) is 10.6 Å². The largest absolute Gasteiger partial charge is 0.313 e. The predicted octanol–water partition coefficient (Wildman–Crippen LogP) is 4.87. The summed E-state index contributed by atoms with van der Waals surface area (Å²) in [6, 6.07) is 9.31. The molecule has 0 aliphatic carbocycles. The molecule has 106 valence electrons. The quantitative estimate of drug-likeness (QED) is 0.847. The Bertz CT molecular complexity index is 599. The summed E-state index contributed by atoms with van der Waals surface area (Å²) in [5.74, 6) is -0.219. The highest BCUT2D eigenvalue weighted by Gasteiger charge is 2.13. The molecule has 0 spiro atoms. The van der Waals surface area contributed by atoms with Gasteiger partial charge in [-0.25, -0.2) is 4.39 Å². The van der Waals surface area contributed by atoms with Gasteiger partial charge in [0.1, 0.15) is 5.82 Å². The van der Waals surface area contributed by atoms with Gasteiger partial charge in [0.15, 0.2) is 0 Å². The summed E-state index contributed by atoms with van der Waals surface area (Å²) >= 11 is 6.33. The summed E-state index contributed by atoms with van der Waals surface area (Å²) < 4.78 is 14.2. The first-order valence-corrected chi connectivity index (χ1v) is 7.17. The Kier molecular flexibility index (Phi) is 4.79. The van der Waals surface area contributed by atoms with Gasteiger partial charge < -0.3 is 5.32 Å². The maximum absolute atomic E-state index is 14.2. The second kappa shape index (κ2) is 6.38. The van der Waals surface area contributed by atoms with Gasteiger partial charge in [0.05, 0.1) is 0 Å². The molecule has 0 atom stereocenters. The summed E-state index contributed by atoms with van der Waals surface area (Å²) in [6.07, 6.45) is 0. The number of benzene rings is 2.